The molecule has 1 aromatic carbocycles. The van der Waals surface area contributed by atoms with E-state index < -0.39 is 0 Å². The zero-order valence-electron chi connectivity index (χ0n) is 16.3. The van der Waals surface area contributed by atoms with Gasteiger partial charge in [0.05, 0.1) is 32.6 Å². The van der Waals surface area contributed by atoms with Crippen LogP contribution in [0.15, 0.2) is 52.6 Å². The minimum absolute atomic E-state index is 0.208. The summed E-state index contributed by atoms with van der Waals surface area (Å²) in [4.78, 5) is 31.3. The molecule has 31 heavy (non-hydrogen) atoms. The third-order valence-corrected chi connectivity index (χ3v) is 7.19. The fourth-order valence-electron chi connectivity index (χ4n) is 2.91. The zero-order valence-corrected chi connectivity index (χ0v) is 19.4. The Bertz CT molecular complexity index is 1300. The summed E-state index contributed by atoms with van der Waals surface area (Å²) >= 11 is 15.2. The summed E-state index contributed by atoms with van der Waals surface area (Å²) in [6.45, 7) is 2.35. The number of amides is 1. The molecule has 158 valence electrons. The van der Waals surface area contributed by atoms with Gasteiger partial charge in [0, 0.05) is 17.6 Å². The number of aryl methyl sites for hydroxylation is 1. The van der Waals surface area contributed by atoms with E-state index in [1.54, 1.807) is 29.5 Å². The van der Waals surface area contributed by atoms with E-state index in [9.17, 15) is 9.59 Å². The minimum Gasteiger partial charge on any atom is -0.350 e. The molecule has 1 N–H and O–H groups in total. The summed E-state index contributed by atoms with van der Waals surface area (Å²) in [6.07, 6.45) is 0. The Labute approximate surface area is 196 Å². The average Bonchev–Trinajstić information content (AvgIpc) is 3.41. The summed E-state index contributed by atoms with van der Waals surface area (Å²) in [5.41, 5.74) is 1.56. The van der Waals surface area contributed by atoms with Crippen LogP contribution in [0.2, 0.25) is 10.0 Å². The van der Waals surface area contributed by atoms with Crippen molar-refractivity contribution >= 4 is 51.8 Å². The van der Waals surface area contributed by atoms with Gasteiger partial charge in [-0.3, -0.25) is 9.59 Å². The van der Waals surface area contributed by atoms with Gasteiger partial charge in [-0.2, -0.15) is 5.10 Å². The lowest BCUT2D eigenvalue weighted by Crippen LogP contribution is -2.32. The highest BCUT2D eigenvalue weighted by atomic mass is 35.5. The van der Waals surface area contributed by atoms with Gasteiger partial charge in [0.1, 0.15) is 10.7 Å². The van der Waals surface area contributed by atoms with Crippen LogP contribution in [-0.4, -0.2) is 27.2 Å². The number of hydrogen-bond acceptors (Lipinski definition) is 6. The highest BCUT2D eigenvalue weighted by molar-refractivity contribution is 7.23. The summed E-state index contributed by atoms with van der Waals surface area (Å²) in [5, 5.41) is 10.9. The molecule has 0 unspecified atom stereocenters. The second-order valence-electron chi connectivity index (χ2n) is 6.57. The SMILES string of the molecule is Cc1nc(-c2cccs2)sc1-c1ccc(=O)n(CCNC(=O)c2cc(Cl)ccc2Cl)n1. The molecule has 0 saturated heterocycles. The molecule has 3 heterocycles. The van der Waals surface area contributed by atoms with Crippen LogP contribution < -0.4 is 10.9 Å². The first-order valence-electron chi connectivity index (χ1n) is 9.25. The second-order valence-corrected chi connectivity index (χ2v) is 9.36. The van der Waals surface area contributed by atoms with Crippen molar-refractivity contribution in [2.75, 3.05) is 6.54 Å². The van der Waals surface area contributed by atoms with Gasteiger partial charge in [-0.1, -0.05) is 29.3 Å². The lowest BCUT2D eigenvalue weighted by molar-refractivity contribution is 0.0952. The predicted octanol–water partition coefficient (Wildman–Crippen LogP) is 5.14. The van der Waals surface area contributed by atoms with E-state index >= 15 is 0 Å². The van der Waals surface area contributed by atoms with Gasteiger partial charge in [0.25, 0.3) is 11.5 Å². The summed E-state index contributed by atoms with van der Waals surface area (Å²) in [6, 6.07) is 11.9. The van der Waals surface area contributed by atoms with Crippen LogP contribution in [0.1, 0.15) is 16.1 Å². The Balaban J connectivity index is 1.49. The van der Waals surface area contributed by atoms with Crippen molar-refractivity contribution in [3.8, 4) is 20.5 Å². The van der Waals surface area contributed by atoms with E-state index in [-0.39, 0.29) is 30.1 Å². The quantitative estimate of drug-likeness (QED) is 0.405. The summed E-state index contributed by atoms with van der Waals surface area (Å²) in [7, 11) is 0. The molecule has 0 aliphatic carbocycles. The number of halogens is 2. The maximum absolute atomic E-state index is 12.4. The van der Waals surface area contributed by atoms with E-state index in [2.05, 4.69) is 15.4 Å². The third kappa shape index (κ3) is 4.88. The lowest BCUT2D eigenvalue weighted by Gasteiger charge is -2.09. The molecular weight excluding hydrogens is 475 g/mol. The van der Waals surface area contributed by atoms with E-state index in [0.717, 1.165) is 20.5 Å². The van der Waals surface area contributed by atoms with Crippen molar-refractivity contribution in [2.45, 2.75) is 13.5 Å². The van der Waals surface area contributed by atoms with Crippen molar-refractivity contribution in [3.05, 3.63) is 79.5 Å². The first kappa shape index (κ1) is 21.7. The first-order valence-corrected chi connectivity index (χ1v) is 11.7. The average molecular weight is 491 g/mol. The Hall–Kier alpha value is -2.52. The van der Waals surface area contributed by atoms with Gasteiger partial charge in [0.15, 0.2) is 0 Å². The fourth-order valence-corrected chi connectivity index (χ4v) is 5.12. The number of nitrogens with one attached hydrogen (secondary N) is 1. The minimum atomic E-state index is -0.365. The van der Waals surface area contributed by atoms with Gasteiger partial charge < -0.3 is 5.32 Å². The Morgan fingerprint density at radius 3 is 2.81 bits per heavy atom. The van der Waals surface area contributed by atoms with Crippen LogP contribution in [-0.2, 0) is 6.54 Å². The van der Waals surface area contributed by atoms with Crippen molar-refractivity contribution in [3.63, 3.8) is 0 Å². The van der Waals surface area contributed by atoms with Gasteiger partial charge in [-0.05, 0) is 42.6 Å². The molecule has 4 aromatic rings. The molecule has 10 heteroatoms. The first-order chi connectivity index (χ1) is 14.9. The van der Waals surface area contributed by atoms with Crippen molar-refractivity contribution < 1.29 is 4.79 Å². The van der Waals surface area contributed by atoms with E-state index in [1.165, 1.54) is 28.2 Å². The number of thiazole rings is 1. The van der Waals surface area contributed by atoms with Crippen molar-refractivity contribution in [1.82, 2.24) is 20.1 Å². The van der Waals surface area contributed by atoms with Crippen molar-refractivity contribution in [2.24, 2.45) is 0 Å². The van der Waals surface area contributed by atoms with E-state index in [1.807, 2.05) is 24.4 Å². The van der Waals surface area contributed by atoms with Crippen LogP contribution in [0.3, 0.4) is 0 Å². The second kappa shape index (κ2) is 9.32. The normalized spacial score (nSPS) is 10.9. The molecule has 0 aliphatic rings. The molecule has 4 rings (SSSR count). The maximum atomic E-state index is 12.4. The van der Waals surface area contributed by atoms with E-state index in [4.69, 9.17) is 23.2 Å². The molecule has 0 bridgehead atoms. The highest BCUT2D eigenvalue weighted by Gasteiger charge is 2.15. The fraction of sp³-hybridized carbons (Fsp3) is 0.143. The molecule has 6 nitrogen and oxygen atoms in total. The van der Waals surface area contributed by atoms with Gasteiger partial charge >= 0.3 is 0 Å². The van der Waals surface area contributed by atoms with Crippen LogP contribution in [0, 0.1) is 6.92 Å². The van der Waals surface area contributed by atoms with Gasteiger partial charge in [0.2, 0.25) is 0 Å². The predicted molar refractivity (Wildman–Crippen MR) is 126 cm³/mol. The van der Waals surface area contributed by atoms with Crippen LogP contribution in [0.4, 0.5) is 0 Å². The molecule has 1 amide bonds. The summed E-state index contributed by atoms with van der Waals surface area (Å²) in [5.74, 6) is -0.365. The topological polar surface area (TPSA) is 76.9 Å². The Morgan fingerprint density at radius 2 is 2.03 bits per heavy atom. The molecule has 0 fully saturated rings. The number of benzene rings is 1. The lowest BCUT2D eigenvalue weighted by atomic mass is 10.2. The molecule has 3 aromatic heterocycles. The third-order valence-electron chi connectivity index (χ3n) is 4.41. The number of nitrogens with zero attached hydrogens (tertiary/aromatic N) is 3. The number of hydrogen-bond donors (Lipinski definition) is 1. The Kier molecular flexibility index (Phi) is 6.52. The Morgan fingerprint density at radius 1 is 1.19 bits per heavy atom. The zero-order chi connectivity index (χ0) is 22.0. The number of rotatable bonds is 6. The monoisotopic (exact) mass is 490 g/mol. The molecule has 0 saturated carbocycles. The maximum Gasteiger partial charge on any atom is 0.266 e. The van der Waals surface area contributed by atoms with Crippen LogP contribution in [0.25, 0.3) is 20.5 Å². The molecule has 0 atom stereocenters. The van der Waals surface area contributed by atoms with Gasteiger partial charge in [-0.25, -0.2) is 9.67 Å². The van der Waals surface area contributed by atoms with Crippen molar-refractivity contribution in [1.29, 1.82) is 0 Å². The van der Waals surface area contributed by atoms with E-state index in [0.29, 0.717) is 15.7 Å². The highest BCUT2D eigenvalue weighted by Crippen LogP contribution is 2.35. The van der Waals surface area contributed by atoms with Crippen LogP contribution in [0.5, 0.6) is 0 Å². The smallest absolute Gasteiger partial charge is 0.266 e. The molecular formula is C21H16Cl2N4O2S2. The number of thiophene rings is 1. The molecule has 0 aliphatic heterocycles. The number of carbonyl (C=O) groups excluding carboxylic acids is 1. The molecule has 0 spiro atoms. The van der Waals surface area contributed by atoms with Gasteiger partial charge in [-0.15, -0.1) is 22.7 Å². The molecule has 0 radical (unpaired) electrons. The largest absolute Gasteiger partial charge is 0.350 e. The number of carbonyl (C=O) groups is 1. The number of aromatic nitrogens is 3. The summed E-state index contributed by atoms with van der Waals surface area (Å²) < 4.78 is 1.33. The van der Waals surface area contributed by atoms with Crippen LogP contribution >= 0.6 is 45.9 Å². The standard InChI is InChI=1S/C21H16Cl2N4O2S2/c1-12-19(31-21(25-12)17-3-2-10-30-17)16-6-7-18(28)27(26-16)9-8-24-20(29)14-11-13(22)4-5-15(14)23/h2-7,10-11H,8-9H2,1H3,(H,24,29).